The van der Waals surface area contributed by atoms with E-state index in [2.05, 4.69) is 62.5 Å². The normalized spacial score (nSPS) is 17.4. The molecular formula is C21H27NO. The predicted octanol–water partition coefficient (Wildman–Crippen LogP) is 5.01. The second-order valence-corrected chi connectivity index (χ2v) is 6.65. The average Bonchev–Trinajstić information content (AvgIpc) is 2.72. The van der Waals surface area contributed by atoms with Crippen LogP contribution >= 0.6 is 0 Å². The minimum absolute atomic E-state index is 0.115. The van der Waals surface area contributed by atoms with Gasteiger partial charge in [-0.25, -0.2) is 0 Å². The molecule has 1 N–H and O–H groups in total. The maximum absolute atomic E-state index is 11.3. The minimum atomic E-state index is 0.115. The quantitative estimate of drug-likeness (QED) is 0.717. The van der Waals surface area contributed by atoms with Gasteiger partial charge in [0.1, 0.15) is 6.29 Å². The van der Waals surface area contributed by atoms with Crippen LogP contribution in [0.1, 0.15) is 55.6 Å². The monoisotopic (exact) mass is 309 g/mol. The second-order valence-electron chi connectivity index (χ2n) is 6.65. The lowest BCUT2D eigenvalue weighted by Gasteiger charge is -2.20. The number of hydrogen-bond donors (Lipinski definition) is 1. The lowest BCUT2D eigenvalue weighted by Crippen LogP contribution is -2.22. The molecule has 1 aliphatic carbocycles. The number of allylic oxidation sites excluding steroid dienone is 6. The summed E-state index contributed by atoms with van der Waals surface area (Å²) in [5.41, 5.74) is 3.32. The summed E-state index contributed by atoms with van der Waals surface area (Å²) < 4.78 is 0. The van der Waals surface area contributed by atoms with Gasteiger partial charge < -0.3 is 5.32 Å². The number of carbonyl (C=O) groups excluding carboxylic acids is 1. The summed E-state index contributed by atoms with van der Waals surface area (Å²) in [4.78, 5) is 11.3. The number of rotatable bonds is 7. The van der Waals surface area contributed by atoms with Gasteiger partial charge in [-0.15, -0.1) is 0 Å². The molecule has 0 fully saturated rings. The van der Waals surface area contributed by atoms with E-state index in [4.69, 9.17) is 0 Å². The van der Waals surface area contributed by atoms with Crippen LogP contribution in [-0.2, 0) is 0 Å². The van der Waals surface area contributed by atoms with Crippen LogP contribution in [0.25, 0.3) is 0 Å². The lowest BCUT2D eigenvalue weighted by molar-refractivity contribution is 0.112. The summed E-state index contributed by atoms with van der Waals surface area (Å²) in [7, 11) is 0. The maximum Gasteiger partial charge on any atom is 0.150 e. The summed E-state index contributed by atoms with van der Waals surface area (Å²) in [6, 6.07) is 8.07. The van der Waals surface area contributed by atoms with Gasteiger partial charge in [0, 0.05) is 17.0 Å². The van der Waals surface area contributed by atoms with Crippen LogP contribution in [0.2, 0.25) is 0 Å². The summed E-state index contributed by atoms with van der Waals surface area (Å²) >= 11 is 0. The summed E-state index contributed by atoms with van der Waals surface area (Å²) in [6.45, 7) is 7.41. The Morgan fingerprint density at radius 2 is 2.00 bits per heavy atom. The van der Waals surface area contributed by atoms with Gasteiger partial charge in [0.05, 0.1) is 0 Å². The summed E-state index contributed by atoms with van der Waals surface area (Å²) in [5.74, 6) is 0. The number of aldehydes is 1. The van der Waals surface area contributed by atoms with Gasteiger partial charge in [-0.3, -0.25) is 4.79 Å². The fraction of sp³-hybridized carbons (Fsp3) is 0.381. The highest BCUT2D eigenvalue weighted by molar-refractivity contribution is 5.77. The number of hydrogen-bond acceptors (Lipinski definition) is 2. The maximum atomic E-state index is 11.3. The van der Waals surface area contributed by atoms with Crippen molar-refractivity contribution in [1.29, 1.82) is 0 Å². The van der Waals surface area contributed by atoms with E-state index >= 15 is 0 Å². The van der Waals surface area contributed by atoms with E-state index in [1.807, 2.05) is 18.2 Å². The van der Waals surface area contributed by atoms with Gasteiger partial charge in [0.15, 0.2) is 0 Å². The fourth-order valence-electron chi connectivity index (χ4n) is 2.88. The van der Waals surface area contributed by atoms with Crippen molar-refractivity contribution in [1.82, 2.24) is 5.32 Å². The van der Waals surface area contributed by atoms with Crippen LogP contribution in [0, 0.1) is 5.41 Å². The van der Waals surface area contributed by atoms with Crippen LogP contribution in [0.5, 0.6) is 0 Å². The molecule has 0 saturated heterocycles. The highest BCUT2D eigenvalue weighted by Crippen LogP contribution is 2.27. The van der Waals surface area contributed by atoms with Crippen LogP contribution in [-0.4, -0.2) is 12.8 Å². The second kappa shape index (κ2) is 8.07. The summed E-state index contributed by atoms with van der Waals surface area (Å²) in [5, 5.41) is 3.52. The molecule has 0 aromatic heterocycles. The van der Waals surface area contributed by atoms with Crippen molar-refractivity contribution >= 4 is 6.29 Å². The molecule has 2 nitrogen and oxygen atoms in total. The third kappa shape index (κ3) is 5.04. The van der Waals surface area contributed by atoms with Crippen molar-refractivity contribution in [2.75, 3.05) is 6.54 Å². The Morgan fingerprint density at radius 1 is 1.22 bits per heavy atom. The van der Waals surface area contributed by atoms with Gasteiger partial charge in [0.25, 0.3) is 0 Å². The highest BCUT2D eigenvalue weighted by atomic mass is 16.1. The first-order valence-electron chi connectivity index (χ1n) is 8.41. The predicted molar refractivity (Wildman–Crippen MR) is 97.6 cm³/mol. The number of benzene rings is 1. The molecule has 2 rings (SSSR count). The van der Waals surface area contributed by atoms with Crippen LogP contribution in [0.3, 0.4) is 0 Å². The van der Waals surface area contributed by atoms with Gasteiger partial charge >= 0.3 is 0 Å². The Morgan fingerprint density at radius 3 is 2.74 bits per heavy atom. The van der Waals surface area contributed by atoms with Gasteiger partial charge in [-0.1, -0.05) is 75.4 Å². The SMILES string of the molecule is CCNC(CCC1=CC=CC(C)(C)C=C1)c1ccccc1C=O. The van der Waals surface area contributed by atoms with E-state index in [0.29, 0.717) is 0 Å². The molecule has 1 aliphatic rings. The van der Waals surface area contributed by atoms with Gasteiger partial charge in [-0.05, 0) is 30.5 Å². The van der Waals surface area contributed by atoms with E-state index in [1.54, 1.807) is 0 Å². The van der Waals surface area contributed by atoms with Crippen molar-refractivity contribution in [3.63, 3.8) is 0 Å². The molecule has 122 valence electrons. The van der Waals surface area contributed by atoms with E-state index in [1.165, 1.54) is 5.57 Å². The molecule has 1 aromatic carbocycles. The Kier molecular flexibility index (Phi) is 6.12. The first kappa shape index (κ1) is 17.4. The standard InChI is InChI=1S/C21H27NO/c1-4-22-20(19-10-6-5-9-18(19)16-23)12-11-17-8-7-14-21(2,3)15-13-17/h5-10,13-16,20,22H,4,11-12H2,1-3H3. The van der Waals surface area contributed by atoms with Gasteiger partial charge in [-0.2, -0.15) is 0 Å². The van der Waals surface area contributed by atoms with Crippen molar-refractivity contribution in [3.05, 3.63) is 71.3 Å². The van der Waals surface area contributed by atoms with Crippen molar-refractivity contribution < 1.29 is 4.79 Å². The smallest absolute Gasteiger partial charge is 0.150 e. The Hall–Kier alpha value is -1.93. The van der Waals surface area contributed by atoms with Crippen LogP contribution in [0.4, 0.5) is 0 Å². The zero-order valence-electron chi connectivity index (χ0n) is 14.4. The zero-order chi connectivity index (χ0) is 16.7. The third-order valence-corrected chi connectivity index (χ3v) is 4.23. The first-order chi connectivity index (χ1) is 11.1. The first-order valence-corrected chi connectivity index (χ1v) is 8.41. The molecule has 0 radical (unpaired) electrons. The number of nitrogens with one attached hydrogen (secondary N) is 1. The van der Waals surface area contributed by atoms with E-state index in [9.17, 15) is 4.79 Å². The Bertz CT molecular complexity index is 622. The van der Waals surface area contributed by atoms with Crippen molar-refractivity contribution in [3.8, 4) is 0 Å². The Balaban J connectivity index is 2.10. The number of carbonyl (C=O) groups is 1. The van der Waals surface area contributed by atoms with E-state index < -0.39 is 0 Å². The lowest BCUT2D eigenvalue weighted by atomic mass is 9.92. The van der Waals surface area contributed by atoms with E-state index in [0.717, 1.165) is 36.8 Å². The average molecular weight is 309 g/mol. The molecule has 0 bridgehead atoms. The molecule has 1 atom stereocenters. The topological polar surface area (TPSA) is 29.1 Å². The fourth-order valence-corrected chi connectivity index (χ4v) is 2.88. The van der Waals surface area contributed by atoms with Crippen molar-refractivity contribution in [2.24, 2.45) is 5.41 Å². The molecule has 2 heteroatoms. The zero-order valence-corrected chi connectivity index (χ0v) is 14.4. The molecular weight excluding hydrogens is 282 g/mol. The molecule has 0 spiro atoms. The van der Waals surface area contributed by atoms with Crippen molar-refractivity contribution in [2.45, 2.75) is 39.7 Å². The third-order valence-electron chi connectivity index (χ3n) is 4.23. The molecule has 1 unspecified atom stereocenters. The van der Waals surface area contributed by atoms with Crippen LogP contribution < -0.4 is 5.32 Å². The summed E-state index contributed by atoms with van der Waals surface area (Å²) in [6.07, 6.45) is 14.0. The molecule has 0 aliphatic heterocycles. The molecule has 0 saturated carbocycles. The minimum Gasteiger partial charge on any atom is -0.310 e. The highest BCUT2D eigenvalue weighted by Gasteiger charge is 2.15. The van der Waals surface area contributed by atoms with E-state index in [-0.39, 0.29) is 11.5 Å². The molecule has 23 heavy (non-hydrogen) atoms. The molecule has 0 heterocycles. The molecule has 1 aromatic rings. The largest absolute Gasteiger partial charge is 0.310 e. The van der Waals surface area contributed by atoms with Gasteiger partial charge in [0.2, 0.25) is 0 Å². The van der Waals surface area contributed by atoms with Crippen LogP contribution in [0.15, 0.2) is 60.2 Å². The Labute approximate surface area is 140 Å². The molecule has 0 amide bonds.